The van der Waals surface area contributed by atoms with Gasteiger partial charge in [0.15, 0.2) is 0 Å². The lowest BCUT2D eigenvalue weighted by Gasteiger charge is -2.29. The highest BCUT2D eigenvalue weighted by Gasteiger charge is 2.21. The first-order valence-electron chi connectivity index (χ1n) is 13.4. The van der Waals surface area contributed by atoms with E-state index in [2.05, 4.69) is 67.1 Å². The van der Waals surface area contributed by atoms with Crippen molar-refractivity contribution in [2.45, 2.75) is 110 Å². The second-order valence-electron chi connectivity index (χ2n) is 9.80. The molecule has 1 nitrogen and oxygen atoms in total. The molecule has 1 aliphatic rings. The van der Waals surface area contributed by atoms with E-state index in [9.17, 15) is 0 Å². The van der Waals surface area contributed by atoms with Gasteiger partial charge in [0.25, 0.3) is 0 Å². The molecule has 3 rings (SSSR count). The van der Waals surface area contributed by atoms with Crippen LogP contribution in [0.25, 0.3) is 0 Å². The third-order valence-electron chi connectivity index (χ3n) is 7.17. The van der Waals surface area contributed by atoms with Crippen molar-refractivity contribution in [3.05, 3.63) is 65.0 Å². The minimum Gasteiger partial charge on any atom is -0.248 e. The summed E-state index contributed by atoms with van der Waals surface area (Å²) in [4.78, 5) is 4.56. The summed E-state index contributed by atoms with van der Waals surface area (Å²) in [6.45, 7) is 4.56. The van der Waals surface area contributed by atoms with E-state index in [0.717, 1.165) is 29.5 Å². The Labute approximate surface area is 197 Å². The first-order valence-corrected chi connectivity index (χ1v) is 13.4. The van der Waals surface area contributed by atoms with E-state index in [-0.39, 0.29) is 0 Å². The zero-order chi connectivity index (χ0) is 22.4. The van der Waals surface area contributed by atoms with Gasteiger partial charge >= 0.3 is 0 Å². The highest BCUT2D eigenvalue weighted by Crippen LogP contribution is 2.37. The summed E-state index contributed by atoms with van der Waals surface area (Å²) >= 11 is 0. The Morgan fingerprint density at radius 3 is 2.16 bits per heavy atom. The smallest absolute Gasteiger partial charge is 0.113 e. The average Bonchev–Trinajstić information content (AvgIpc) is 2.84. The van der Waals surface area contributed by atoms with Crippen LogP contribution in [-0.2, 0) is 6.42 Å². The van der Waals surface area contributed by atoms with Crippen LogP contribution in [0.1, 0.15) is 126 Å². The topological polar surface area (TPSA) is 12.9 Å². The van der Waals surface area contributed by atoms with Crippen molar-refractivity contribution in [2.75, 3.05) is 0 Å². The van der Waals surface area contributed by atoms with Crippen LogP contribution in [0.15, 0.2) is 42.6 Å². The van der Waals surface area contributed by atoms with Gasteiger partial charge in [0.1, 0.15) is 5.69 Å². The molecule has 0 radical (unpaired) electrons. The summed E-state index contributed by atoms with van der Waals surface area (Å²) in [5, 5.41) is 0. The van der Waals surface area contributed by atoms with Gasteiger partial charge in [0.05, 0.1) is 0 Å². The number of rotatable bonds is 11. The first kappa shape index (κ1) is 24.6. The average molecular weight is 430 g/mol. The summed E-state index contributed by atoms with van der Waals surface area (Å²) in [6.07, 6.45) is 20.9. The van der Waals surface area contributed by atoms with Gasteiger partial charge in [-0.2, -0.15) is 0 Å². The van der Waals surface area contributed by atoms with E-state index >= 15 is 0 Å². The Morgan fingerprint density at radius 1 is 0.750 bits per heavy atom. The molecule has 0 aliphatic heterocycles. The fourth-order valence-corrected chi connectivity index (χ4v) is 5.02. The fourth-order valence-electron chi connectivity index (χ4n) is 5.02. The predicted octanol–water partition coefficient (Wildman–Crippen LogP) is 8.85. The molecule has 172 valence electrons. The summed E-state index contributed by atoms with van der Waals surface area (Å²) in [7, 11) is 0. The van der Waals surface area contributed by atoms with Crippen molar-refractivity contribution in [1.29, 1.82) is 0 Å². The van der Waals surface area contributed by atoms with E-state index in [4.69, 9.17) is 0 Å². The van der Waals surface area contributed by atoms with Gasteiger partial charge in [-0.15, -0.1) is 0 Å². The van der Waals surface area contributed by atoms with Crippen molar-refractivity contribution in [3.63, 3.8) is 0 Å². The largest absolute Gasteiger partial charge is 0.248 e. The molecular weight excluding hydrogens is 386 g/mol. The summed E-state index contributed by atoms with van der Waals surface area (Å²) in [5.74, 6) is 8.26. The Hall–Kier alpha value is -2.07. The van der Waals surface area contributed by atoms with Crippen LogP contribution in [0, 0.1) is 17.8 Å². The molecule has 0 spiro atoms. The molecule has 0 atom stereocenters. The molecule has 32 heavy (non-hydrogen) atoms. The van der Waals surface area contributed by atoms with Crippen LogP contribution in [0.4, 0.5) is 0 Å². The van der Waals surface area contributed by atoms with E-state index < -0.39 is 0 Å². The molecule has 0 bridgehead atoms. The Kier molecular flexibility index (Phi) is 10.9. The van der Waals surface area contributed by atoms with Crippen molar-refractivity contribution < 1.29 is 0 Å². The number of nitrogens with zero attached hydrogens (tertiary/aromatic N) is 1. The van der Waals surface area contributed by atoms with E-state index in [1.54, 1.807) is 0 Å². The van der Waals surface area contributed by atoms with Crippen LogP contribution < -0.4 is 0 Å². The zero-order valence-electron chi connectivity index (χ0n) is 20.5. The van der Waals surface area contributed by atoms with Crippen molar-refractivity contribution >= 4 is 0 Å². The van der Waals surface area contributed by atoms with Crippen LogP contribution in [0.5, 0.6) is 0 Å². The van der Waals surface area contributed by atoms with Gasteiger partial charge in [-0.3, -0.25) is 0 Å². The minimum atomic E-state index is 0.746. The van der Waals surface area contributed by atoms with E-state index in [1.165, 1.54) is 94.6 Å². The number of pyridine rings is 1. The third kappa shape index (κ3) is 8.46. The Balaban J connectivity index is 1.44. The number of aryl methyl sites for hydroxylation is 1. The number of benzene rings is 1. The highest BCUT2D eigenvalue weighted by atomic mass is 14.7. The molecular formula is C31H43N. The quantitative estimate of drug-likeness (QED) is 0.257. The fraction of sp³-hybridized carbons (Fsp3) is 0.581. The lowest BCUT2D eigenvalue weighted by atomic mass is 9.77. The summed E-state index contributed by atoms with van der Waals surface area (Å²) in [6, 6.07) is 13.3. The molecule has 0 saturated heterocycles. The predicted molar refractivity (Wildman–Crippen MR) is 138 cm³/mol. The van der Waals surface area contributed by atoms with Crippen LogP contribution in [0.3, 0.4) is 0 Å². The number of hydrogen-bond donors (Lipinski definition) is 0. The number of unbranched alkanes of at least 4 members (excludes halogenated alkanes) is 6. The Morgan fingerprint density at radius 2 is 1.47 bits per heavy atom. The molecule has 1 aromatic carbocycles. The standard InChI is InChI=1S/C31H43N/c1-3-5-7-8-10-12-28-18-24-31(32-25-28)23-17-27-15-21-30(22-16-27)29-19-13-26(14-20-29)11-9-6-4-2/h15-16,18,21-22,24-26,29H,3-14,19-20H2,1-2H3/t26-,29-. The maximum absolute atomic E-state index is 4.56. The minimum absolute atomic E-state index is 0.746. The normalized spacial score (nSPS) is 18.2. The summed E-state index contributed by atoms with van der Waals surface area (Å²) in [5.41, 5.74) is 4.79. The van der Waals surface area contributed by atoms with Crippen molar-refractivity contribution in [1.82, 2.24) is 4.98 Å². The van der Waals surface area contributed by atoms with Gasteiger partial charge < -0.3 is 0 Å². The molecule has 2 aromatic rings. The molecule has 0 N–H and O–H groups in total. The molecule has 0 unspecified atom stereocenters. The van der Waals surface area contributed by atoms with Crippen molar-refractivity contribution in [3.8, 4) is 11.8 Å². The molecule has 1 heterocycles. The maximum atomic E-state index is 4.56. The molecule has 1 saturated carbocycles. The molecule has 1 heteroatoms. The van der Waals surface area contributed by atoms with Gasteiger partial charge in [0, 0.05) is 11.8 Å². The van der Waals surface area contributed by atoms with E-state index in [0.29, 0.717) is 0 Å². The monoisotopic (exact) mass is 429 g/mol. The van der Waals surface area contributed by atoms with Crippen LogP contribution >= 0.6 is 0 Å². The first-order chi connectivity index (χ1) is 15.8. The molecule has 0 amide bonds. The van der Waals surface area contributed by atoms with Crippen LogP contribution in [0.2, 0.25) is 0 Å². The number of aromatic nitrogens is 1. The molecule has 1 aromatic heterocycles. The highest BCUT2D eigenvalue weighted by molar-refractivity contribution is 5.41. The second-order valence-corrected chi connectivity index (χ2v) is 9.80. The second kappa shape index (κ2) is 14.2. The number of hydrogen-bond acceptors (Lipinski definition) is 1. The lowest BCUT2D eigenvalue weighted by Crippen LogP contribution is -2.13. The summed E-state index contributed by atoms with van der Waals surface area (Å²) < 4.78 is 0. The van der Waals surface area contributed by atoms with E-state index in [1.807, 2.05) is 6.20 Å². The van der Waals surface area contributed by atoms with Crippen molar-refractivity contribution in [2.24, 2.45) is 5.92 Å². The van der Waals surface area contributed by atoms with Gasteiger partial charge in [0.2, 0.25) is 0 Å². The zero-order valence-corrected chi connectivity index (χ0v) is 20.5. The molecule has 1 aliphatic carbocycles. The SMILES string of the molecule is CCCCCCCc1ccc(C#Cc2ccc([C@H]3CC[C@H](CCCCC)CC3)cc2)nc1. The third-order valence-corrected chi connectivity index (χ3v) is 7.17. The van der Waals surface area contributed by atoms with Crippen LogP contribution in [-0.4, -0.2) is 4.98 Å². The van der Waals surface area contributed by atoms with Gasteiger partial charge in [-0.1, -0.05) is 89.3 Å². The van der Waals surface area contributed by atoms with Gasteiger partial charge in [-0.25, -0.2) is 4.98 Å². The lowest BCUT2D eigenvalue weighted by molar-refractivity contribution is 0.303. The Bertz CT molecular complexity index is 814. The maximum Gasteiger partial charge on any atom is 0.113 e. The molecule has 1 fully saturated rings. The van der Waals surface area contributed by atoms with Gasteiger partial charge in [-0.05, 0) is 85.6 Å².